The van der Waals surface area contributed by atoms with Crippen LogP contribution in [-0.4, -0.2) is 14.5 Å². The van der Waals surface area contributed by atoms with Gasteiger partial charge >= 0.3 is 0 Å². The minimum atomic E-state index is 0.714. The van der Waals surface area contributed by atoms with Crippen LogP contribution in [-0.2, 0) is 0 Å². The lowest BCUT2D eigenvalue weighted by molar-refractivity contribution is 1.18. The number of fused-ring (bicyclic) bond motifs is 4. The highest BCUT2D eigenvalue weighted by atomic mass is 15.0. The monoisotopic (exact) mass is 723 g/mol. The molecule has 0 saturated carbocycles. The van der Waals surface area contributed by atoms with Gasteiger partial charge in [-0.15, -0.1) is 0 Å². The summed E-state index contributed by atoms with van der Waals surface area (Å²) < 4.78 is 2.36. The van der Waals surface area contributed by atoms with Gasteiger partial charge in [0.2, 0.25) is 0 Å². The normalized spacial score (nSPS) is 11.9. The van der Waals surface area contributed by atoms with Crippen molar-refractivity contribution in [3.63, 3.8) is 0 Å². The van der Waals surface area contributed by atoms with Gasteiger partial charge in [-0.25, -0.2) is 9.97 Å². The third kappa shape index (κ3) is 4.99. The van der Waals surface area contributed by atoms with E-state index in [1.54, 1.807) is 0 Å². The summed E-state index contributed by atoms with van der Waals surface area (Å²) in [6.07, 6.45) is 0. The van der Waals surface area contributed by atoms with Gasteiger partial charge in [-0.05, 0) is 97.0 Å². The third-order valence-corrected chi connectivity index (χ3v) is 11.7. The van der Waals surface area contributed by atoms with Crippen LogP contribution in [0.4, 0.5) is 0 Å². The summed E-state index contributed by atoms with van der Waals surface area (Å²) in [5, 5.41) is 11.3. The molecule has 57 heavy (non-hydrogen) atoms. The Morgan fingerprint density at radius 1 is 0.333 bits per heavy atom. The van der Waals surface area contributed by atoms with Gasteiger partial charge in [0, 0.05) is 33.0 Å². The highest BCUT2D eigenvalue weighted by molar-refractivity contribution is 6.25. The van der Waals surface area contributed by atoms with Crippen LogP contribution in [0, 0.1) is 0 Å². The Bertz CT molecular complexity index is 3480. The van der Waals surface area contributed by atoms with Gasteiger partial charge < -0.3 is 4.57 Å². The van der Waals surface area contributed by atoms with Crippen molar-refractivity contribution < 1.29 is 0 Å². The summed E-state index contributed by atoms with van der Waals surface area (Å²) in [6.45, 7) is 0. The molecule has 3 nitrogen and oxygen atoms in total. The number of para-hydroxylation sites is 2. The van der Waals surface area contributed by atoms with Crippen LogP contribution in [0.2, 0.25) is 0 Å². The highest BCUT2D eigenvalue weighted by Gasteiger charge is 2.17. The summed E-state index contributed by atoms with van der Waals surface area (Å²) in [4.78, 5) is 10.5. The minimum absolute atomic E-state index is 0.714. The molecule has 10 aromatic carbocycles. The molecule has 0 amide bonds. The molecule has 0 aliphatic carbocycles. The molecule has 0 atom stereocenters. The Kier molecular flexibility index (Phi) is 6.93. The van der Waals surface area contributed by atoms with E-state index in [0.29, 0.717) is 5.82 Å². The van der Waals surface area contributed by atoms with Crippen molar-refractivity contribution in [2.75, 3.05) is 0 Å². The zero-order valence-electron chi connectivity index (χ0n) is 30.9. The van der Waals surface area contributed by atoms with Crippen molar-refractivity contribution >= 4 is 65.0 Å². The van der Waals surface area contributed by atoms with Crippen molar-refractivity contribution in [1.82, 2.24) is 14.5 Å². The largest absolute Gasteiger partial charge is 0.309 e. The zero-order valence-corrected chi connectivity index (χ0v) is 30.9. The van der Waals surface area contributed by atoms with Gasteiger partial charge in [0.15, 0.2) is 5.82 Å². The van der Waals surface area contributed by atoms with Gasteiger partial charge in [0.05, 0.1) is 22.2 Å². The fraction of sp³-hybridized carbons (Fsp3) is 0. The predicted molar refractivity (Wildman–Crippen MR) is 239 cm³/mol. The molecule has 0 radical (unpaired) electrons. The van der Waals surface area contributed by atoms with Gasteiger partial charge in [0.25, 0.3) is 0 Å². The van der Waals surface area contributed by atoms with Gasteiger partial charge in [-0.3, -0.25) is 0 Å². The third-order valence-electron chi connectivity index (χ3n) is 11.7. The zero-order chi connectivity index (χ0) is 37.5. The lowest BCUT2D eigenvalue weighted by Gasteiger charge is -2.14. The van der Waals surface area contributed by atoms with Crippen molar-refractivity contribution in [3.05, 3.63) is 200 Å². The number of hydrogen-bond acceptors (Lipinski definition) is 2. The Morgan fingerprint density at radius 3 is 1.75 bits per heavy atom. The molecule has 12 rings (SSSR count). The lowest BCUT2D eigenvalue weighted by Crippen LogP contribution is -1.96. The van der Waals surface area contributed by atoms with E-state index >= 15 is 0 Å². The Labute approximate surface area is 329 Å². The van der Waals surface area contributed by atoms with E-state index in [0.717, 1.165) is 44.5 Å². The summed E-state index contributed by atoms with van der Waals surface area (Å²) in [5.74, 6) is 0.714. The summed E-state index contributed by atoms with van der Waals surface area (Å²) in [6, 6.07) is 72.0. The highest BCUT2D eigenvalue weighted by Crippen LogP contribution is 2.41. The van der Waals surface area contributed by atoms with E-state index in [1.165, 1.54) is 65.3 Å². The van der Waals surface area contributed by atoms with E-state index < -0.39 is 0 Å². The molecule has 2 heterocycles. The summed E-state index contributed by atoms with van der Waals surface area (Å²) >= 11 is 0. The van der Waals surface area contributed by atoms with E-state index in [-0.39, 0.29) is 0 Å². The molecule has 0 bridgehead atoms. The smallest absolute Gasteiger partial charge is 0.160 e. The van der Waals surface area contributed by atoms with Crippen LogP contribution in [0.1, 0.15) is 0 Å². The first kappa shape index (κ1) is 31.7. The molecule has 264 valence electrons. The number of rotatable bonds is 5. The number of benzene rings is 10. The van der Waals surface area contributed by atoms with E-state index in [2.05, 4.69) is 205 Å². The Balaban J connectivity index is 0.967. The van der Waals surface area contributed by atoms with Crippen LogP contribution in [0.5, 0.6) is 0 Å². The summed E-state index contributed by atoms with van der Waals surface area (Å²) in [7, 11) is 0. The number of hydrogen-bond donors (Lipinski definition) is 0. The Hall–Kier alpha value is -7.62. The molecule has 0 saturated heterocycles. The number of nitrogens with zero attached hydrogens (tertiary/aromatic N) is 3. The molecule has 0 spiro atoms. The van der Waals surface area contributed by atoms with Crippen molar-refractivity contribution in [2.24, 2.45) is 0 Å². The fourth-order valence-corrected chi connectivity index (χ4v) is 9.05. The average molecular weight is 724 g/mol. The van der Waals surface area contributed by atoms with E-state index in [9.17, 15) is 0 Å². The standard InChI is InChI=1S/C54H33N3/c1-3-10-38(11-4-1)53-47-33-40(41-27-31-50-46(32-41)44-16-7-8-17-49(44)57(50)42-14-5-2-6-15-42)26-30-48(47)55-54(56-53)39-22-18-34(19-23-39)43-28-24-37-21-20-35-12-9-13-36-25-29-45(43)52(37)51(35)36/h1-33H. The molecule has 0 fully saturated rings. The number of aromatic nitrogens is 3. The maximum absolute atomic E-state index is 5.30. The summed E-state index contributed by atoms with van der Waals surface area (Å²) in [5.41, 5.74) is 12.1. The molecule has 0 aliphatic rings. The van der Waals surface area contributed by atoms with Gasteiger partial charge in [-0.1, -0.05) is 158 Å². The second-order valence-electron chi connectivity index (χ2n) is 15.0. The van der Waals surface area contributed by atoms with Crippen LogP contribution in [0.25, 0.3) is 116 Å². The fourth-order valence-electron chi connectivity index (χ4n) is 9.05. The first-order valence-electron chi connectivity index (χ1n) is 19.5. The minimum Gasteiger partial charge on any atom is -0.309 e. The molecule has 12 aromatic rings. The topological polar surface area (TPSA) is 30.7 Å². The average Bonchev–Trinajstić information content (AvgIpc) is 3.62. The second kappa shape index (κ2) is 12.5. The Morgan fingerprint density at radius 2 is 0.947 bits per heavy atom. The van der Waals surface area contributed by atoms with Crippen LogP contribution < -0.4 is 0 Å². The van der Waals surface area contributed by atoms with Crippen molar-refractivity contribution in [2.45, 2.75) is 0 Å². The lowest BCUT2D eigenvalue weighted by atomic mass is 9.90. The second-order valence-corrected chi connectivity index (χ2v) is 15.0. The van der Waals surface area contributed by atoms with Crippen LogP contribution in [0.3, 0.4) is 0 Å². The van der Waals surface area contributed by atoms with E-state index in [4.69, 9.17) is 9.97 Å². The van der Waals surface area contributed by atoms with E-state index in [1.807, 2.05) is 0 Å². The molecule has 3 heteroatoms. The molecule has 0 N–H and O–H groups in total. The quantitative estimate of drug-likeness (QED) is 0.166. The van der Waals surface area contributed by atoms with Gasteiger partial charge in [-0.2, -0.15) is 0 Å². The van der Waals surface area contributed by atoms with Crippen LogP contribution >= 0.6 is 0 Å². The molecule has 0 unspecified atom stereocenters. The molecular weight excluding hydrogens is 691 g/mol. The van der Waals surface area contributed by atoms with Crippen molar-refractivity contribution in [1.29, 1.82) is 0 Å². The maximum Gasteiger partial charge on any atom is 0.160 e. The molecule has 2 aromatic heterocycles. The maximum atomic E-state index is 5.30. The first-order valence-corrected chi connectivity index (χ1v) is 19.5. The first-order chi connectivity index (χ1) is 28.2. The molecule has 0 aliphatic heterocycles. The molecular formula is C54H33N3. The van der Waals surface area contributed by atoms with Crippen molar-refractivity contribution in [3.8, 4) is 50.6 Å². The van der Waals surface area contributed by atoms with Gasteiger partial charge in [0.1, 0.15) is 0 Å². The predicted octanol–water partition coefficient (Wildman–Crippen LogP) is 14.3. The SMILES string of the molecule is c1ccc(-c2nc(-c3ccc(-c4ccc5ccc6cccc7ccc4c5c67)cc3)nc3ccc(-c4ccc5c(c4)c4ccccc4n5-c4ccccc4)cc23)cc1. The van der Waals surface area contributed by atoms with Crippen LogP contribution in [0.15, 0.2) is 200 Å².